The van der Waals surface area contributed by atoms with Gasteiger partial charge in [-0.25, -0.2) is 0 Å². The Labute approximate surface area is 143 Å². The lowest BCUT2D eigenvalue weighted by Gasteiger charge is -2.31. The van der Waals surface area contributed by atoms with Crippen molar-refractivity contribution in [3.05, 3.63) is 23.8 Å². The van der Waals surface area contributed by atoms with E-state index < -0.39 is 0 Å². The molecule has 1 aliphatic heterocycles. The topological polar surface area (TPSA) is 48.0 Å². The zero-order valence-electron chi connectivity index (χ0n) is 14.6. The lowest BCUT2D eigenvalue weighted by Crippen LogP contribution is -2.40. The second-order valence-corrected chi connectivity index (χ2v) is 6.62. The van der Waals surface area contributed by atoms with Crippen LogP contribution >= 0.6 is 0 Å². The molecular weight excluding hydrogens is 306 g/mol. The Kier molecular flexibility index (Phi) is 5.61. The molecule has 0 aromatic heterocycles. The lowest BCUT2D eigenvalue weighted by atomic mass is 10.1. The van der Waals surface area contributed by atoms with Crippen LogP contribution in [0.4, 0.5) is 0 Å². The van der Waals surface area contributed by atoms with E-state index in [-0.39, 0.29) is 18.1 Å². The Morgan fingerprint density at radius 3 is 2.33 bits per heavy atom. The Morgan fingerprint density at radius 1 is 1.00 bits per heavy atom. The fourth-order valence-electron chi connectivity index (χ4n) is 3.56. The van der Waals surface area contributed by atoms with Crippen molar-refractivity contribution in [3.8, 4) is 11.5 Å². The third-order valence-corrected chi connectivity index (χ3v) is 5.07. The van der Waals surface area contributed by atoms with Crippen molar-refractivity contribution in [3.63, 3.8) is 0 Å². The van der Waals surface area contributed by atoms with Gasteiger partial charge in [0.2, 0.25) is 0 Å². The molecule has 0 atom stereocenters. The SMILES string of the molecule is COc1cc(C(=O)N2CCC(OC)CC2)ccc1OC1CCCC1. The molecule has 1 aliphatic carbocycles. The number of hydrogen-bond acceptors (Lipinski definition) is 4. The highest BCUT2D eigenvalue weighted by Crippen LogP contribution is 2.32. The van der Waals surface area contributed by atoms with Gasteiger partial charge in [0, 0.05) is 25.8 Å². The second kappa shape index (κ2) is 7.88. The highest BCUT2D eigenvalue weighted by atomic mass is 16.5. The third kappa shape index (κ3) is 3.83. The summed E-state index contributed by atoms with van der Waals surface area (Å²) in [5.74, 6) is 1.42. The molecule has 0 unspecified atom stereocenters. The minimum atomic E-state index is 0.0512. The number of methoxy groups -OCH3 is 2. The molecular formula is C19H27NO4. The van der Waals surface area contributed by atoms with Crippen LogP contribution < -0.4 is 9.47 Å². The molecule has 1 amide bonds. The maximum atomic E-state index is 12.7. The number of carbonyl (C=O) groups excluding carboxylic acids is 1. The summed E-state index contributed by atoms with van der Waals surface area (Å²) in [6, 6.07) is 5.51. The average Bonchev–Trinajstić information content (AvgIpc) is 3.14. The standard InChI is InChI=1S/C19H27NO4/c1-22-15-9-11-20(12-10-15)19(21)14-7-8-17(18(13-14)23-2)24-16-5-3-4-6-16/h7-8,13,15-16H,3-6,9-12H2,1-2H3. The third-order valence-electron chi connectivity index (χ3n) is 5.07. The first-order valence-corrected chi connectivity index (χ1v) is 8.88. The normalized spacial score (nSPS) is 19.5. The number of hydrogen-bond donors (Lipinski definition) is 0. The number of likely N-dealkylation sites (tertiary alicyclic amines) is 1. The van der Waals surface area contributed by atoms with E-state index in [2.05, 4.69) is 0 Å². The van der Waals surface area contributed by atoms with E-state index in [9.17, 15) is 4.79 Å². The minimum absolute atomic E-state index is 0.0512. The van der Waals surface area contributed by atoms with Gasteiger partial charge in [-0.2, -0.15) is 0 Å². The molecule has 24 heavy (non-hydrogen) atoms. The highest BCUT2D eigenvalue weighted by Gasteiger charge is 2.25. The minimum Gasteiger partial charge on any atom is -0.493 e. The second-order valence-electron chi connectivity index (χ2n) is 6.62. The van der Waals surface area contributed by atoms with Crippen molar-refractivity contribution >= 4 is 5.91 Å². The summed E-state index contributed by atoms with van der Waals surface area (Å²) in [6.07, 6.45) is 6.96. The van der Waals surface area contributed by atoms with Crippen LogP contribution in [-0.4, -0.2) is 50.3 Å². The van der Waals surface area contributed by atoms with Crippen molar-refractivity contribution in [2.45, 2.75) is 50.7 Å². The zero-order chi connectivity index (χ0) is 16.9. The van der Waals surface area contributed by atoms with Gasteiger partial charge in [-0.1, -0.05) is 0 Å². The van der Waals surface area contributed by atoms with Crippen molar-refractivity contribution in [2.75, 3.05) is 27.3 Å². The maximum absolute atomic E-state index is 12.7. The van der Waals surface area contributed by atoms with E-state index in [0.29, 0.717) is 11.3 Å². The predicted octanol–water partition coefficient (Wildman–Crippen LogP) is 3.27. The van der Waals surface area contributed by atoms with Gasteiger partial charge in [0.25, 0.3) is 5.91 Å². The molecule has 1 aromatic rings. The first-order valence-electron chi connectivity index (χ1n) is 8.88. The Bertz CT molecular complexity index is 560. The molecule has 1 saturated heterocycles. The summed E-state index contributed by atoms with van der Waals surface area (Å²) in [4.78, 5) is 14.6. The van der Waals surface area contributed by atoms with Crippen molar-refractivity contribution < 1.29 is 19.0 Å². The van der Waals surface area contributed by atoms with Gasteiger partial charge in [-0.3, -0.25) is 4.79 Å². The molecule has 2 fully saturated rings. The molecule has 5 nitrogen and oxygen atoms in total. The van der Waals surface area contributed by atoms with Crippen LogP contribution in [0.25, 0.3) is 0 Å². The van der Waals surface area contributed by atoms with Crippen LogP contribution in [-0.2, 0) is 4.74 Å². The predicted molar refractivity (Wildman–Crippen MR) is 91.8 cm³/mol. The van der Waals surface area contributed by atoms with Crippen LogP contribution in [0.15, 0.2) is 18.2 Å². The molecule has 132 valence electrons. The number of piperidine rings is 1. The zero-order valence-corrected chi connectivity index (χ0v) is 14.6. The van der Waals surface area contributed by atoms with Gasteiger partial charge in [-0.15, -0.1) is 0 Å². The molecule has 2 aliphatic rings. The molecule has 0 spiro atoms. The largest absolute Gasteiger partial charge is 0.493 e. The van der Waals surface area contributed by atoms with Crippen LogP contribution in [0.1, 0.15) is 48.9 Å². The van der Waals surface area contributed by atoms with Crippen molar-refractivity contribution in [2.24, 2.45) is 0 Å². The number of rotatable bonds is 5. The van der Waals surface area contributed by atoms with Gasteiger partial charge >= 0.3 is 0 Å². The van der Waals surface area contributed by atoms with Crippen LogP contribution in [0.2, 0.25) is 0 Å². The summed E-state index contributed by atoms with van der Waals surface area (Å²) >= 11 is 0. The van der Waals surface area contributed by atoms with E-state index in [1.807, 2.05) is 17.0 Å². The van der Waals surface area contributed by atoms with E-state index in [1.54, 1.807) is 20.3 Å². The Morgan fingerprint density at radius 2 is 1.71 bits per heavy atom. The smallest absolute Gasteiger partial charge is 0.253 e. The number of nitrogens with zero attached hydrogens (tertiary/aromatic N) is 1. The molecule has 1 heterocycles. The van der Waals surface area contributed by atoms with Gasteiger partial charge < -0.3 is 19.1 Å². The van der Waals surface area contributed by atoms with Crippen molar-refractivity contribution in [1.82, 2.24) is 4.90 Å². The highest BCUT2D eigenvalue weighted by molar-refractivity contribution is 5.95. The van der Waals surface area contributed by atoms with Crippen LogP contribution in [0.3, 0.4) is 0 Å². The fourth-order valence-corrected chi connectivity index (χ4v) is 3.56. The maximum Gasteiger partial charge on any atom is 0.253 e. The monoisotopic (exact) mass is 333 g/mol. The van der Waals surface area contributed by atoms with Gasteiger partial charge in [0.15, 0.2) is 11.5 Å². The molecule has 5 heteroatoms. The number of carbonyl (C=O) groups is 1. The average molecular weight is 333 g/mol. The van der Waals surface area contributed by atoms with E-state index in [0.717, 1.165) is 44.5 Å². The van der Waals surface area contributed by atoms with Gasteiger partial charge in [0.1, 0.15) is 0 Å². The molecule has 3 rings (SSSR count). The number of ether oxygens (including phenoxy) is 3. The Hall–Kier alpha value is -1.75. The van der Waals surface area contributed by atoms with Crippen LogP contribution in [0, 0.1) is 0 Å². The van der Waals surface area contributed by atoms with Crippen LogP contribution in [0.5, 0.6) is 11.5 Å². The fraction of sp³-hybridized carbons (Fsp3) is 0.632. The summed E-state index contributed by atoms with van der Waals surface area (Å²) in [7, 11) is 3.35. The number of benzene rings is 1. The molecule has 0 N–H and O–H groups in total. The summed E-state index contributed by atoms with van der Waals surface area (Å²) in [5, 5.41) is 0. The quantitative estimate of drug-likeness (QED) is 0.830. The van der Waals surface area contributed by atoms with E-state index in [1.165, 1.54) is 12.8 Å². The first-order chi connectivity index (χ1) is 11.7. The van der Waals surface area contributed by atoms with Gasteiger partial charge in [-0.05, 0) is 56.7 Å². The van der Waals surface area contributed by atoms with Crippen molar-refractivity contribution in [1.29, 1.82) is 0 Å². The van der Waals surface area contributed by atoms with Gasteiger partial charge in [0.05, 0.1) is 19.3 Å². The molecule has 1 aromatic carbocycles. The van der Waals surface area contributed by atoms with E-state index in [4.69, 9.17) is 14.2 Å². The summed E-state index contributed by atoms with van der Waals surface area (Å²) < 4.78 is 16.9. The number of amides is 1. The first kappa shape index (κ1) is 17.1. The molecule has 1 saturated carbocycles. The van der Waals surface area contributed by atoms with E-state index >= 15 is 0 Å². The lowest BCUT2D eigenvalue weighted by molar-refractivity contribution is 0.0350. The molecule has 0 bridgehead atoms. The molecule has 0 radical (unpaired) electrons. The summed E-state index contributed by atoms with van der Waals surface area (Å²) in [6.45, 7) is 1.47. The summed E-state index contributed by atoms with van der Waals surface area (Å²) in [5.41, 5.74) is 0.654. The Balaban J connectivity index is 1.68.